The highest BCUT2D eigenvalue weighted by Gasteiger charge is 2.27. The molecule has 0 saturated heterocycles. The van der Waals surface area contributed by atoms with Gasteiger partial charge in [0, 0.05) is 23.7 Å². The molecule has 1 saturated carbocycles. The Morgan fingerprint density at radius 1 is 1.28 bits per heavy atom. The quantitative estimate of drug-likeness (QED) is 0.828. The zero-order valence-electron chi connectivity index (χ0n) is 11.9. The molecule has 1 aromatic rings. The van der Waals surface area contributed by atoms with E-state index < -0.39 is 0 Å². The molecule has 2 rings (SSSR count). The molecular formula is C15H26N2S. The molecule has 0 radical (unpaired) electrons. The summed E-state index contributed by atoms with van der Waals surface area (Å²) >= 11 is 1.75. The van der Waals surface area contributed by atoms with Gasteiger partial charge >= 0.3 is 0 Å². The lowest BCUT2D eigenvalue weighted by molar-refractivity contribution is 0.213. The molecule has 0 aromatic carbocycles. The Bertz CT molecular complexity index is 340. The molecule has 0 amide bonds. The van der Waals surface area contributed by atoms with E-state index >= 15 is 0 Å². The summed E-state index contributed by atoms with van der Waals surface area (Å²) in [4.78, 5) is 5.48. The van der Waals surface area contributed by atoms with E-state index in [2.05, 4.69) is 31.1 Å². The highest BCUT2D eigenvalue weighted by molar-refractivity contribution is 7.09. The maximum atomic E-state index is 4.13. The van der Waals surface area contributed by atoms with Crippen molar-refractivity contribution in [3.63, 3.8) is 0 Å². The molecule has 2 unspecified atom stereocenters. The summed E-state index contributed by atoms with van der Waals surface area (Å²) in [6, 6.07) is 0.708. The first-order chi connectivity index (χ1) is 8.55. The SMILES string of the molecule is CC(C)(C)C1CCCC(NCc2cncs2)CC1. The van der Waals surface area contributed by atoms with E-state index in [1.807, 2.05) is 11.7 Å². The first-order valence-corrected chi connectivity index (χ1v) is 8.04. The summed E-state index contributed by atoms with van der Waals surface area (Å²) in [6.45, 7) is 8.17. The van der Waals surface area contributed by atoms with Crippen LogP contribution in [0.25, 0.3) is 0 Å². The van der Waals surface area contributed by atoms with Crippen LogP contribution in [0.4, 0.5) is 0 Å². The van der Waals surface area contributed by atoms with Gasteiger partial charge in [0.05, 0.1) is 5.51 Å². The lowest BCUT2D eigenvalue weighted by Crippen LogP contribution is -2.28. The molecular weight excluding hydrogens is 240 g/mol. The van der Waals surface area contributed by atoms with Crippen LogP contribution in [-0.4, -0.2) is 11.0 Å². The van der Waals surface area contributed by atoms with Crippen molar-refractivity contribution in [2.24, 2.45) is 11.3 Å². The first-order valence-electron chi connectivity index (χ1n) is 7.16. The monoisotopic (exact) mass is 266 g/mol. The van der Waals surface area contributed by atoms with Gasteiger partial charge in [0.25, 0.3) is 0 Å². The molecule has 1 aliphatic carbocycles. The fourth-order valence-electron chi connectivity index (χ4n) is 2.95. The first kappa shape index (κ1) is 14.0. The van der Waals surface area contributed by atoms with Gasteiger partial charge in [0.15, 0.2) is 0 Å². The summed E-state index contributed by atoms with van der Waals surface area (Å²) in [5.41, 5.74) is 2.40. The molecule has 2 atom stereocenters. The Kier molecular flexibility index (Phi) is 4.79. The molecule has 1 N–H and O–H groups in total. The minimum Gasteiger partial charge on any atom is -0.309 e. The van der Waals surface area contributed by atoms with Crippen molar-refractivity contribution in [2.75, 3.05) is 0 Å². The number of aromatic nitrogens is 1. The van der Waals surface area contributed by atoms with Gasteiger partial charge in [-0.15, -0.1) is 11.3 Å². The van der Waals surface area contributed by atoms with E-state index in [1.54, 1.807) is 11.3 Å². The third kappa shape index (κ3) is 4.06. The smallest absolute Gasteiger partial charge is 0.0794 e. The zero-order valence-corrected chi connectivity index (χ0v) is 12.7. The fraction of sp³-hybridized carbons (Fsp3) is 0.800. The van der Waals surface area contributed by atoms with E-state index in [1.165, 1.54) is 37.0 Å². The molecule has 0 spiro atoms. The van der Waals surface area contributed by atoms with E-state index in [4.69, 9.17) is 0 Å². The normalized spacial score (nSPS) is 25.9. The van der Waals surface area contributed by atoms with Gasteiger partial charge in [-0.3, -0.25) is 4.98 Å². The lowest BCUT2D eigenvalue weighted by atomic mass is 9.76. The van der Waals surface area contributed by atoms with Crippen molar-refractivity contribution >= 4 is 11.3 Å². The molecule has 3 heteroatoms. The van der Waals surface area contributed by atoms with Crippen molar-refractivity contribution in [3.05, 3.63) is 16.6 Å². The number of thiazole rings is 1. The summed E-state index contributed by atoms with van der Waals surface area (Å²) in [5, 5.41) is 3.71. The highest BCUT2D eigenvalue weighted by Crippen LogP contribution is 2.36. The summed E-state index contributed by atoms with van der Waals surface area (Å²) in [5.74, 6) is 0.896. The standard InChI is InChI=1S/C15H26N2S/c1-15(2,3)12-5-4-6-13(8-7-12)17-10-14-9-16-11-18-14/h9,11-13,17H,4-8,10H2,1-3H3. The Hall–Kier alpha value is -0.410. The van der Waals surface area contributed by atoms with Crippen LogP contribution in [0.3, 0.4) is 0 Å². The second-order valence-electron chi connectivity index (χ2n) is 6.62. The minimum absolute atomic E-state index is 0.479. The summed E-state index contributed by atoms with van der Waals surface area (Å²) in [7, 11) is 0. The average molecular weight is 266 g/mol. The van der Waals surface area contributed by atoms with Gasteiger partial charge in [-0.25, -0.2) is 0 Å². The minimum atomic E-state index is 0.479. The molecule has 1 aliphatic rings. The van der Waals surface area contributed by atoms with Crippen molar-refractivity contribution in [1.29, 1.82) is 0 Å². The fourth-order valence-corrected chi connectivity index (χ4v) is 3.49. The van der Waals surface area contributed by atoms with Crippen LogP contribution < -0.4 is 5.32 Å². The van der Waals surface area contributed by atoms with Crippen LogP contribution in [0.15, 0.2) is 11.7 Å². The van der Waals surface area contributed by atoms with Gasteiger partial charge in [0.1, 0.15) is 0 Å². The zero-order chi connectivity index (χ0) is 13.0. The van der Waals surface area contributed by atoms with Crippen molar-refractivity contribution in [3.8, 4) is 0 Å². The number of hydrogen-bond donors (Lipinski definition) is 1. The maximum absolute atomic E-state index is 4.13. The Morgan fingerprint density at radius 2 is 2.11 bits per heavy atom. The number of hydrogen-bond acceptors (Lipinski definition) is 3. The van der Waals surface area contributed by atoms with Crippen LogP contribution in [0.2, 0.25) is 0 Å². The highest BCUT2D eigenvalue weighted by atomic mass is 32.1. The van der Waals surface area contributed by atoms with E-state index in [0.29, 0.717) is 11.5 Å². The summed E-state index contributed by atoms with van der Waals surface area (Å²) in [6.07, 6.45) is 8.81. The predicted molar refractivity (Wildman–Crippen MR) is 78.8 cm³/mol. The lowest BCUT2D eigenvalue weighted by Gasteiger charge is -2.29. The van der Waals surface area contributed by atoms with Gasteiger partial charge < -0.3 is 5.32 Å². The molecule has 1 fully saturated rings. The van der Waals surface area contributed by atoms with Gasteiger partial charge in [-0.2, -0.15) is 0 Å². The van der Waals surface area contributed by atoms with Crippen molar-refractivity contribution < 1.29 is 0 Å². The second-order valence-corrected chi connectivity index (χ2v) is 7.59. The topological polar surface area (TPSA) is 24.9 Å². The molecule has 1 heterocycles. The predicted octanol–water partition coefficient (Wildman–Crippen LogP) is 4.23. The maximum Gasteiger partial charge on any atom is 0.0794 e. The Balaban J connectivity index is 1.78. The number of nitrogens with one attached hydrogen (secondary N) is 1. The van der Waals surface area contributed by atoms with Gasteiger partial charge in [-0.1, -0.05) is 27.2 Å². The molecule has 18 heavy (non-hydrogen) atoms. The molecule has 1 aromatic heterocycles. The molecule has 2 nitrogen and oxygen atoms in total. The third-order valence-electron chi connectivity index (χ3n) is 4.24. The molecule has 0 bridgehead atoms. The van der Waals surface area contributed by atoms with Gasteiger partial charge in [-0.05, 0) is 37.0 Å². The van der Waals surface area contributed by atoms with Crippen LogP contribution in [0.1, 0.15) is 57.8 Å². The summed E-state index contributed by atoms with van der Waals surface area (Å²) < 4.78 is 0. The van der Waals surface area contributed by atoms with E-state index in [0.717, 1.165) is 12.5 Å². The Labute approximate surface area is 115 Å². The van der Waals surface area contributed by atoms with Crippen molar-refractivity contribution in [2.45, 2.75) is 65.5 Å². The van der Waals surface area contributed by atoms with E-state index in [9.17, 15) is 0 Å². The van der Waals surface area contributed by atoms with Gasteiger partial charge in [0.2, 0.25) is 0 Å². The largest absolute Gasteiger partial charge is 0.309 e. The third-order valence-corrected chi connectivity index (χ3v) is 5.02. The van der Waals surface area contributed by atoms with E-state index in [-0.39, 0.29) is 0 Å². The Morgan fingerprint density at radius 3 is 2.78 bits per heavy atom. The average Bonchev–Trinajstić information content (AvgIpc) is 2.69. The van der Waals surface area contributed by atoms with Crippen molar-refractivity contribution in [1.82, 2.24) is 10.3 Å². The number of rotatable bonds is 3. The van der Waals surface area contributed by atoms with Crippen LogP contribution >= 0.6 is 11.3 Å². The number of nitrogens with zero attached hydrogens (tertiary/aromatic N) is 1. The van der Waals surface area contributed by atoms with Crippen LogP contribution in [0.5, 0.6) is 0 Å². The molecule has 0 aliphatic heterocycles. The second kappa shape index (κ2) is 6.16. The van der Waals surface area contributed by atoms with Crippen LogP contribution in [-0.2, 0) is 6.54 Å². The molecule has 102 valence electrons. The van der Waals surface area contributed by atoms with Crippen LogP contribution in [0, 0.1) is 11.3 Å².